The van der Waals surface area contributed by atoms with Crippen molar-refractivity contribution in [1.29, 1.82) is 0 Å². The molecule has 264 valence electrons. The molecule has 0 bridgehead atoms. The Morgan fingerprint density at radius 3 is 1.68 bits per heavy atom. The van der Waals surface area contributed by atoms with Crippen molar-refractivity contribution in [3.05, 3.63) is 212 Å². The maximum Gasteiger partial charge on any atom is 0.160 e. The molecule has 4 nitrogen and oxygen atoms in total. The van der Waals surface area contributed by atoms with Crippen molar-refractivity contribution in [2.75, 3.05) is 4.90 Å². The summed E-state index contributed by atoms with van der Waals surface area (Å²) < 4.78 is 131. The summed E-state index contributed by atoms with van der Waals surface area (Å²) in [7, 11) is 0. The van der Waals surface area contributed by atoms with Crippen molar-refractivity contribution in [3.8, 4) is 56.2 Å². The predicted octanol–water partition coefficient (Wildman–Crippen LogP) is 14.2. The summed E-state index contributed by atoms with van der Waals surface area (Å²) in [5.74, 6) is 0.504. The number of para-hydroxylation sites is 2. The lowest BCUT2D eigenvalue weighted by molar-refractivity contribution is 0.669. The van der Waals surface area contributed by atoms with Gasteiger partial charge < -0.3 is 9.32 Å². The van der Waals surface area contributed by atoms with E-state index in [1.54, 1.807) is 24.3 Å². The molecular formula is C52H35N3O. The second kappa shape index (κ2) is 14.3. The van der Waals surface area contributed by atoms with Crippen molar-refractivity contribution < 1.29 is 23.6 Å². The summed E-state index contributed by atoms with van der Waals surface area (Å²) >= 11 is 0. The third kappa shape index (κ3) is 6.19. The molecule has 0 aliphatic heterocycles. The molecule has 0 saturated heterocycles. The zero-order chi connectivity index (χ0) is 49.4. The number of furan rings is 1. The first kappa shape index (κ1) is 21.4. The van der Waals surface area contributed by atoms with Gasteiger partial charge in [0.15, 0.2) is 5.82 Å². The molecule has 0 N–H and O–H groups in total. The number of hydrogen-bond donors (Lipinski definition) is 0. The van der Waals surface area contributed by atoms with E-state index in [-0.39, 0.29) is 5.69 Å². The highest BCUT2D eigenvalue weighted by Gasteiger charge is 2.23. The number of nitrogens with zero attached hydrogens (tertiary/aromatic N) is 3. The fourth-order valence-electron chi connectivity index (χ4n) is 6.79. The van der Waals surface area contributed by atoms with E-state index >= 15 is 0 Å². The lowest BCUT2D eigenvalue weighted by atomic mass is 9.94. The van der Waals surface area contributed by atoms with Crippen LogP contribution in [0, 0.1) is 0 Å². The summed E-state index contributed by atoms with van der Waals surface area (Å²) in [6.45, 7) is 0. The molecule has 56 heavy (non-hydrogen) atoms. The zero-order valence-corrected chi connectivity index (χ0v) is 29.4. The van der Waals surface area contributed by atoms with E-state index in [2.05, 4.69) is 0 Å². The van der Waals surface area contributed by atoms with Crippen LogP contribution < -0.4 is 4.90 Å². The fraction of sp³-hybridized carbons (Fsp3) is 0. The lowest BCUT2D eigenvalue weighted by Gasteiger charge is -2.28. The molecule has 0 fully saturated rings. The van der Waals surface area contributed by atoms with Gasteiger partial charge in [0.25, 0.3) is 0 Å². The smallest absolute Gasteiger partial charge is 0.160 e. The minimum absolute atomic E-state index is 0.0708. The molecule has 0 saturated carbocycles. The average molecular weight is 732 g/mol. The third-order valence-electron chi connectivity index (χ3n) is 9.36. The van der Waals surface area contributed by atoms with Crippen LogP contribution in [0.15, 0.2) is 216 Å². The van der Waals surface area contributed by atoms with E-state index in [0.29, 0.717) is 55.8 Å². The normalized spacial score (nSPS) is 14.7. The molecule has 0 unspecified atom stereocenters. The quantitative estimate of drug-likeness (QED) is 0.156. The molecule has 0 amide bonds. The maximum absolute atomic E-state index is 9.59. The molecule has 0 aliphatic carbocycles. The molecule has 0 atom stereocenters. The van der Waals surface area contributed by atoms with E-state index < -0.39 is 107 Å². The van der Waals surface area contributed by atoms with E-state index in [1.807, 2.05) is 103 Å². The molecule has 0 spiro atoms. The summed E-state index contributed by atoms with van der Waals surface area (Å²) in [6.07, 6.45) is 0. The Bertz CT molecular complexity index is 3630. The Balaban J connectivity index is 1.27. The molecule has 0 radical (unpaired) electrons. The van der Waals surface area contributed by atoms with Crippen LogP contribution in [0.2, 0.25) is 0 Å². The van der Waals surface area contributed by atoms with Crippen molar-refractivity contribution in [3.63, 3.8) is 0 Å². The molecule has 10 rings (SSSR count). The van der Waals surface area contributed by atoms with Gasteiger partial charge in [-0.25, -0.2) is 9.97 Å². The minimum atomic E-state index is -0.803. The first-order chi connectivity index (χ1) is 33.6. The van der Waals surface area contributed by atoms with Crippen molar-refractivity contribution in [1.82, 2.24) is 9.97 Å². The van der Waals surface area contributed by atoms with Crippen LogP contribution in [-0.2, 0) is 0 Å². The highest BCUT2D eigenvalue weighted by Crippen LogP contribution is 2.47. The van der Waals surface area contributed by atoms with Gasteiger partial charge in [0.1, 0.15) is 11.2 Å². The minimum Gasteiger partial charge on any atom is -0.456 e. The number of hydrogen-bond acceptors (Lipinski definition) is 4. The second-order valence-electron chi connectivity index (χ2n) is 12.7. The number of rotatable bonds is 8. The Kier molecular flexibility index (Phi) is 5.47. The van der Waals surface area contributed by atoms with Crippen LogP contribution >= 0.6 is 0 Å². The van der Waals surface area contributed by atoms with Crippen molar-refractivity contribution >= 4 is 39.0 Å². The largest absolute Gasteiger partial charge is 0.456 e. The van der Waals surface area contributed by atoms with E-state index in [4.69, 9.17) is 25.4 Å². The monoisotopic (exact) mass is 731 g/mol. The topological polar surface area (TPSA) is 42.2 Å². The van der Waals surface area contributed by atoms with E-state index in [9.17, 15) is 8.22 Å². The summed E-state index contributed by atoms with van der Waals surface area (Å²) in [5.41, 5.74) is 3.35. The number of benzene rings is 8. The van der Waals surface area contributed by atoms with Gasteiger partial charge in [-0.15, -0.1) is 0 Å². The highest BCUT2D eigenvalue weighted by atomic mass is 16.3. The Labute approximate surface area is 345 Å². The van der Waals surface area contributed by atoms with Gasteiger partial charge in [0, 0.05) is 44.4 Å². The van der Waals surface area contributed by atoms with Gasteiger partial charge in [0.2, 0.25) is 0 Å². The van der Waals surface area contributed by atoms with Gasteiger partial charge in [-0.05, 0) is 65.1 Å². The SMILES string of the molecule is [2H]c1c([2H])c([2H])c(-c2c([2H])c([2H])c(N(c3ccc4oc5ccccc5c4c3-c3ccc(-c4cc(-c5ccccc5)nc(-c5ccccc5)n4)cc3)c3c([2H])c([2H])c([2H])c([2H])c3[2H])c([2H])c2[2H])c([2H])c1[2H]. The fourth-order valence-corrected chi connectivity index (χ4v) is 6.79. The van der Waals surface area contributed by atoms with Crippen molar-refractivity contribution in [2.24, 2.45) is 0 Å². The summed E-state index contributed by atoms with van der Waals surface area (Å²) in [4.78, 5) is 11.0. The predicted molar refractivity (Wildman–Crippen MR) is 231 cm³/mol. The first-order valence-electron chi connectivity index (χ1n) is 24.7. The molecular weight excluding hydrogens is 683 g/mol. The van der Waals surface area contributed by atoms with Gasteiger partial charge in [-0.2, -0.15) is 0 Å². The number of anilines is 3. The summed E-state index contributed by atoms with van der Waals surface area (Å²) in [6, 6.07) is 28.4. The number of aromatic nitrogens is 2. The maximum atomic E-state index is 9.59. The Hall–Kier alpha value is -7.56. The Morgan fingerprint density at radius 1 is 0.429 bits per heavy atom. The zero-order valence-electron chi connectivity index (χ0n) is 43.4. The molecule has 2 aromatic heterocycles. The second-order valence-corrected chi connectivity index (χ2v) is 12.7. The van der Waals surface area contributed by atoms with Crippen LogP contribution in [0.1, 0.15) is 19.2 Å². The van der Waals surface area contributed by atoms with Crippen LogP contribution in [0.4, 0.5) is 17.1 Å². The van der Waals surface area contributed by atoms with Crippen molar-refractivity contribution in [2.45, 2.75) is 0 Å². The van der Waals surface area contributed by atoms with E-state index in [1.165, 1.54) is 0 Å². The summed E-state index contributed by atoms with van der Waals surface area (Å²) in [5, 5.41) is 1.15. The van der Waals surface area contributed by atoms with Crippen LogP contribution in [-0.4, -0.2) is 9.97 Å². The van der Waals surface area contributed by atoms with Gasteiger partial charge in [-0.3, -0.25) is 0 Å². The molecule has 2 heterocycles. The molecule has 4 heteroatoms. The highest BCUT2D eigenvalue weighted by molar-refractivity contribution is 6.16. The molecule has 10 aromatic rings. The van der Waals surface area contributed by atoms with Gasteiger partial charge in [0.05, 0.1) is 36.3 Å². The molecule has 0 aliphatic rings. The van der Waals surface area contributed by atoms with Gasteiger partial charge in [-0.1, -0.05) is 164 Å². The lowest BCUT2D eigenvalue weighted by Crippen LogP contribution is -2.11. The van der Waals surface area contributed by atoms with E-state index in [0.717, 1.165) is 16.0 Å². The van der Waals surface area contributed by atoms with Crippen LogP contribution in [0.5, 0.6) is 0 Å². The molecule has 8 aromatic carbocycles. The van der Waals surface area contributed by atoms with Gasteiger partial charge >= 0.3 is 0 Å². The number of fused-ring (bicyclic) bond motifs is 3. The van der Waals surface area contributed by atoms with Crippen LogP contribution in [0.25, 0.3) is 78.1 Å². The standard InChI is InChI=1S/C52H35N3O/c1-5-15-36(16-6-1)37-29-31-43(32-30-37)55(42-21-11-4-12-22-42)47-33-34-49-51(44-23-13-14-24-48(44)56-49)50(47)40-27-25-39(26-28-40)46-35-45(38-17-7-2-8-18-38)53-52(54-46)41-19-9-3-10-20-41/h1-35H/i1D,4D,5D,6D,11D,12D,15D,16D,21D,22D,29D,30D,31D,32D. The Morgan fingerprint density at radius 2 is 0.982 bits per heavy atom. The average Bonchev–Trinajstić information content (AvgIpc) is 3.77. The first-order valence-corrected chi connectivity index (χ1v) is 17.7. The van der Waals surface area contributed by atoms with Crippen LogP contribution in [0.3, 0.4) is 0 Å². The third-order valence-corrected chi connectivity index (χ3v) is 9.36.